The predicted molar refractivity (Wildman–Crippen MR) is 84.7 cm³/mol. The van der Waals surface area contributed by atoms with Crippen molar-refractivity contribution in [2.45, 2.75) is 31.2 Å². The van der Waals surface area contributed by atoms with E-state index in [0.717, 1.165) is 31.2 Å². The molecule has 7 heteroatoms. The average molecular weight is 323 g/mol. The highest BCUT2D eigenvalue weighted by atomic mass is 35.5. The van der Waals surface area contributed by atoms with Crippen LogP contribution in [0.25, 0.3) is 11.4 Å². The second-order valence-corrected chi connectivity index (χ2v) is 5.48. The van der Waals surface area contributed by atoms with Gasteiger partial charge in [-0.2, -0.15) is 4.98 Å². The minimum Gasteiger partial charge on any atom is -0.345 e. The van der Waals surface area contributed by atoms with Crippen molar-refractivity contribution < 1.29 is 9.32 Å². The van der Waals surface area contributed by atoms with E-state index in [9.17, 15) is 4.79 Å². The van der Waals surface area contributed by atoms with Gasteiger partial charge in [-0.15, -0.1) is 12.4 Å². The summed E-state index contributed by atoms with van der Waals surface area (Å²) in [4.78, 5) is 16.3. The maximum absolute atomic E-state index is 12.3. The second kappa shape index (κ2) is 6.89. The van der Waals surface area contributed by atoms with E-state index in [1.54, 1.807) is 12.1 Å². The minimum absolute atomic E-state index is 0. The zero-order valence-electron chi connectivity index (χ0n) is 12.1. The molecule has 118 valence electrons. The molecule has 2 aromatic rings. The van der Waals surface area contributed by atoms with Crippen LogP contribution in [-0.4, -0.2) is 28.1 Å². The highest BCUT2D eigenvalue weighted by Gasteiger charge is 2.34. The molecule has 22 heavy (non-hydrogen) atoms. The summed E-state index contributed by atoms with van der Waals surface area (Å²) in [5, 5.41) is 6.86. The van der Waals surface area contributed by atoms with E-state index in [2.05, 4.69) is 15.5 Å². The van der Waals surface area contributed by atoms with E-state index in [-0.39, 0.29) is 23.9 Å². The van der Waals surface area contributed by atoms with Crippen molar-refractivity contribution in [2.24, 2.45) is 5.73 Å². The van der Waals surface area contributed by atoms with Gasteiger partial charge < -0.3 is 15.6 Å². The van der Waals surface area contributed by atoms with E-state index in [0.29, 0.717) is 17.9 Å². The molecule has 0 unspecified atom stereocenters. The van der Waals surface area contributed by atoms with Crippen LogP contribution >= 0.6 is 12.4 Å². The first-order valence-electron chi connectivity index (χ1n) is 7.12. The zero-order chi connectivity index (χ0) is 14.7. The van der Waals surface area contributed by atoms with Crippen molar-refractivity contribution in [1.82, 2.24) is 15.5 Å². The third-order valence-corrected chi connectivity index (χ3v) is 4.10. The SMILES string of the molecule is Cl.NCC1(NC(=O)c2ccc(-c3ncon3)cc2)CCCC1. The van der Waals surface area contributed by atoms with Crippen LogP contribution in [0.4, 0.5) is 0 Å². The Morgan fingerprint density at radius 2 is 1.95 bits per heavy atom. The summed E-state index contributed by atoms with van der Waals surface area (Å²) in [5.74, 6) is 0.429. The maximum atomic E-state index is 12.3. The van der Waals surface area contributed by atoms with Crippen molar-refractivity contribution in [3.05, 3.63) is 36.2 Å². The highest BCUT2D eigenvalue weighted by Crippen LogP contribution is 2.29. The Morgan fingerprint density at radius 1 is 1.27 bits per heavy atom. The summed E-state index contributed by atoms with van der Waals surface area (Å²) in [7, 11) is 0. The molecule has 3 N–H and O–H groups in total. The number of hydrogen-bond donors (Lipinski definition) is 2. The maximum Gasteiger partial charge on any atom is 0.251 e. The Morgan fingerprint density at radius 3 is 2.50 bits per heavy atom. The number of nitrogens with two attached hydrogens (primary N) is 1. The Balaban J connectivity index is 0.00000176. The second-order valence-electron chi connectivity index (χ2n) is 5.48. The van der Waals surface area contributed by atoms with Crippen LogP contribution in [0.15, 0.2) is 35.2 Å². The first-order valence-corrected chi connectivity index (χ1v) is 7.12. The molecule has 0 radical (unpaired) electrons. The fourth-order valence-corrected chi connectivity index (χ4v) is 2.81. The molecule has 1 amide bonds. The van der Waals surface area contributed by atoms with Gasteiger partial charge in [0.15, 0.2) is 0 Å². The molecule has 0 bridgehead atoms. The first-order chi connectivity index (χ1) is 10.2. The number of nitrogens with zero attached hydrogens (tertiary/aromatic N) is 2. The van der Waals surface area contributed by atoms with E-state index in [4.69, 9.17) is 10.3 Å². The van der Waals surface area contributed by atoms with Gasteiger partial charge >= 0.3 is 0 Å². The van der Waals surface area contributed by atoms with Gasteiger partial charge in [-0.3, -0.25) is 4.79 Å². The molecule has 1 aromatic carbocycles. The first kappa shape index (κ1) is 16.5. The molecule has 0 saturated heterocycles. The van der Waals surface area contributed by atoms with Gasteiger partial charge in [0.25, 0.3) is 5.91 Å². The van der Waals surface area contributed by atoms with Crippen LogP contribution in [0.2, 0.25) is 0 Å². The van der Waals surface area contributed by atoms with E-state index >= 15 is 0 Å². The lowest BCUT2D eigenvalue weighted by Gasteiger charge is -2.28. The van der Waals surface area contributed by atoms with Gasteiger partial charge in [-0.05, 0) is 25.0 Å². The molecule has 3 rings (SSSR count). The molecule has 0 aliphatic heterocycles. The number of benzene rings is 1. The van der Waals surface area contributed by atoms with Gasteiger partial charge in [0.05, 0.1) is 5.54 Å². The summed E-state index contributed by atoms with van der Waals surface area (Å²) >= 11 is 0. The largest absolute Gasteiger partial charge is 0.345 e. The lowest BCUT2D eigenvalue weighted by Crippen LogP contribution is -2.51. The molecule has 1 aliphatic carbocycles. The van der Waals surface area contributed by atoms with Crippen LogP contribution < -0.4 is 11.1 Å². The molecule has 0 atom stereocenters. The van der Waals surface area contributed by atoms with Crippen molar-refractivity contribution in [1.29, 1.82) is 0 Å². The van der Waals surface area contributed by atoms with Crippen molar-refractivity contribution in [3.63, 3.8) is 0 Å². The molecular formula is C15H19ClN4O2. The fourth-order valence-electron chi connectivity index (χ4n) is 2.81. The third-order valence-electron chi connectivity index (χ3n) is 4.10. The molecule has 0 spiro atoms. The van der Waals surface area contributed by atoms with E-state index in [1.807, 2.05) is 12.1 Å². The Bertz CT molecular complexity index is 607. The molecule has 1 saturated carbocycles. The normalized spacial score (nSPS) is 16.0. The summed E-state index contributed by atoms with van der Waals surface area (Å²) in [6, 6.07) is 7.15. The zero-order valence-corrected chi connectivity index (χ0v) is 12.9. The quantitative estimate of drug-likeness (QED) is 0.899. The number of nitrogens with one attached hydrogen (secondary N) is 1. The van der Waals surface area contributed by atoms with Crippen LogP contribution in [0.3, 0.4) is 0 Å². The Kier molecular flexibility index (Phi) is 5.15. The number of carbonyl (C=O) groups excluding carboxylic acids is 1. The number of rotatable bonds is 4. The standard InChI is InChI=1S/C15H18N4O2.ClH/c16-9-15(7-1-2-8-15)18-14(20)12-5-3-11(4-6-12)13-17-10-21-19-13;/h3-6,10H,1-2,7-9,16H2,(H,18,20);1H. The Hall–Kier alpha value is -1.92. The smallest absolute Gasteiger partial charge is 0.251 e. The van der Waals surface area contributed by atoms with Gasteiger partial charge in [-0.25, -0.2) is 0 Å². The lowest BCUT2D eigenvalue weighted by molar-refractivity contribution is 0.0903. The summed E-state index contributed by atoms with van der Waals surface area (Å²) in [5.41, 5.74) is 7.04. The Labute approximate surface area is 134 Å². The van der Waals surface area contributed by atoms with E-state index in [1.165, 1.54) is 6.39 Å². The third kappa shape index (κ3) is 3.28. The topological polar surface area (TPSA) is 94.0 Å². The number of amides is 1. The van der Waals surface area contributed by atoms with Gasteiger partial charge in [-0.1, -0.05) is 30.1 Å². The molecule has 1 heterocycles. The van der Waals surface area contributed by atoms with Crippen molar-refractivity contribution >= 4 is 18.3 Å². The number of hydrogen-bond acceptors (Lipinski definition) is 5. The fraction of sp³-hybridized carbons (Fsp3) is 0.400. The lowest BCUT2D eigenvalue weighted by atomic mass is 9.97. The molecule has 6 nitrogen and oxygen atoms in total. The van der Waals surface area contributed by atoms with E-state index < -0.39 is 0 Å². The number of halogens is 1. The highest BCUT2D eigenvalue weighted by molar-refractivity contribution is 5.95. The number of aromatic nitrogens is 2. The van der Waals surface area contributed by atoms with Gasteiger partial charge in [0, 0.05) is 17.7 Å². The van der Waals surface area contributed by atoms with Crippen LogP contribution in [0, 0.1) is 0 Å². The molecule has 1 aliphatic rings. The molecule has 1 aromatic heterocycles. The molecule has 1 fully saturated rings. The van der Waals surface area contributed by atoms with Crippen LogP contribution in [-0.2, 0) is 0 Å². The minimum atomic E-state index is -0.233. The summed E-state index contributed by atoms with van der Waals surface area (Å²) < 4.78 is 4.71. The monoisotopic (exact) mass is 322 g/mol. The number of carbonyl (C=O) groups is 1. The average Bonchev–Trinajstić information content (AvgIpc) is 3.19. The van der Waals surface area contributed by atoms with Gasteiger partial charge in [0.2, 0.25) is 12.2 Å². The van der Waals surface area contributed by atoms with Crippen LogP contribution in [0.1, 0.15) is 36.0 Å². The summed E-state index contributed by atoms with van der Waals surface area (Å²) in [6.45, 7) is 0.486. The van der Waals surface area contributed by atoms with Crippen molar-refractivity contribution in [2.75, 3.05) is 6.54 Å². The predicted octanol–water partition coefficient (Wildman–Crippen LogP) is 2.16. The van der Waals surface area contributed by atoms with Gasteiger partial charge in [0.1, 0.15) is 0 Å². The molecular weight excluding hydrogens is 304 g/mol. The van der Waals surface area contributed by atoms with Crippen molar-refractivity contribution in [3.8, 4) is 11.4 Å². The summed E-state index contributed by atoms with van der Waals surface area (Å²) in [6.07, 6.45) is 5.43. The van der Waals surface area contributed by atoms with Crippen LogP contribution in [0.5, 0.6) is 0 Å².